The number of hydrogen-bond donors (Lipinski definition) is 0. The van der Waals surface area contributed by atoms with E-state index in [4.69, 9.17) is 28.5 Å². The molecule has 0 saturated carbocycles. The number of carbonyl (C=O) groups is 1. The molecule has 0 radical (unpaired) electrons. The minimum absolute atomic E-state index is 0.0323. The maximum absolute atomic E-state index is 11.1. The molecule has 0 aliphatic rings. The van der Waals surface area contributed by atoms with E-state index in [0.717, 1.165) is 0 Å². The van der Waals surface area contributed by atoms with Crippen LogP contribution in [-0.4, -0.2) is 13.1 Å². The van der Waals surface area contributed by atoms with E-state index >= 15 is 0 Å². The minimum atomic E-state index is -0.448. The zero-order valence-electron chi connectivity index (χ0n) is 7.88. The Hall–Kier alpha value is -1.24. The number of nitrogens with zero attached hydrogens (tertiary/aromatic N) is 1. The Morgan fingerprint density at radius 1 is 1.53 bits per heavy atom. The van der Waals surface area contributed by atoms with Gasteiger partial charge in [0.15, 0.2) is 0 Å². The lowest BCUT2D eigenvalue weighted by Gasteiger charge is -2.05. The van der Waals surface area contributed by atoms with E-state index in [1.807, 2.05) is 6.07 Å². The maximum Gasteiger partial charge on any atom is 0.310 e. The molecule has 15 heavy (non-hydrogen) atoms. The molecule has 0 bridgehead atoms. The predicted molar refractivity (Wildman–Crippen MR) is 56.9 cm³/mol. The molecule has 0 saturated heterocycles. The van der Waals surface area contributed by atoms with Crippen LogP contribution in [0.5, 0.6) is 0 Å². The second-order valence-corrected chi connectivity index (χ2v) is 3.62. The van der Waals surface area contributed by atoms with Gasteiger partial charge in [0, 0.05) is 10.0 Å². The van der Waals surface area contributed by atoms with E-state index in [0.29, 0.717) is 15.6 Å². The van der Waals surface area contributed by atoms with Gasteiger partial charge in [0.05, 0.1) is 25.2 Å². The number of nitriles is 1. The highest BCUT2D eigenvalue weighted by Crippen LogP contribution is 2.25. The lowest BCUT2D eigenvalue weighted by molar-refractivity contribution is -0.139. The second-order valence-electron chi connectivity index (χ2n) is 2.78. The smallest absolute Gasteiger partial charge is 0.310 e. The molecule has 0 spiro atoms. The highest BCUT2D eigenvalue weighted by atomic mass is 35.5. The molecular formula is C10H7Cl2NO2. The molecule has 0 unspecified atom stereocenters. The lowest BCUT2D eigenvalue weighted by atomic mass is 10.1. The summed E-state index contributed by atoms with van der Waals surface area (Å²) in [7, 11) is 1.28. The molecule has 0 atom stereocenters. The van der Waals surface area contributed by atoms with Crippen LogP contribution in [0.1, 0.15) is 11.1 Å². The Bertz CT molecular complexity index is 438. The molecule has 1 rings (SSSR count). The van der Waals surface area contributed by atoms with Crippen LogP contribution in [0.15, 0.2) is 12.1 Å². The van der Waals surface area contributed by atoms with Crippen LogP contribution in [0.4, 0.5) is 0 Å². The summed E-state index contributed by atoms with van der Waals surface area (Å²) in [6, 6.07) is 4.88. The number of carbonyl (C=O) groups excluding carboxylic acids is 1. The summed E-state index contributed by atoms with van der Waals surface area (Å²) in [6.07, 6.45) is -0.0323. The van der Waals surface area contributed by atoms with Crippen LogP contribution in [0.3, 0.4) is 0 Å². The third-order valence-corrected chi connectivity index (χ3v) is 2.38. The number of esters is 1. The Balaban J connectivity index is 3.17. The Labute approximate surface area is 97.2 Å². The lowest BCUT2D eigenvalue weighted by Crippen LogP contribution is -2.06. The van der Waals surface area contributed by atoms with Gasteiger partial charge in [-0.2, -0.15) is 5.26 Å². The van der Waals surface area contributed by atoms with Crippen molar-refractivity contribution < 1.29 is 9.53 Å². The number of methoxy groups -OCH3 is 1. The van der Waals surface area contributed by atoms with Crippen LogP contribution >= 0.6 is 23.2 Å². The van der Waals surface area contributed by atoms with Crippen molar-refractivity contribution in [2.45, 2.75) is 6.42 Å². The molecule has 0 heterocycles. The van der Waals surface area contributed by atoms with Crippen molar-refractivity contribution in [1.29, 1.82) is 5.26 Å². The summed E-state index contributed by atoms with van der Waals surface area (Å²) in [5.41, 5.74) is 0.730. The van der Waals surface area contributed by atoms with E-state index in [1.54, 1.807) is 0 Å². The van der Waals surface area contributed by atoms with Crippen molar-refractivity contribution in [3.8, 4) is 6.07 Å². The molecule has 0 aliphatic carbocycles. The summed E-state index contributed by atoms with van der Waals surface area (Å²) in [5.74, 6) is -0.448. The van der Waals surface area contributed by atoms with E-state index in [-0.39, 0.29) is 12.0 Å². The Morgan fingerprint density at radius 2 is 2.20 bits per heavy atom. The molecule has 0 amide bonds. The van der Waals surface area contributed by atoms with E-state index in [1.165, 1.54) is 19.2 Å². The molecular weight excluding hydrogens is 237 g/mol. The first kappa shape index (κ1) is 11.8. The summed E-state index contributed by atoms with van der Waals surface area (Å²) in [5, 5.41) is 9.50. The van der Waals surface area contributed by atoms with Crippen molar-refractivity contribution in [1.82, 2.24) is 0 Å². The van der Waals surface area contributed by atoms with Crippen molar-refractivity contribution in [3.05, 3.63) is 33.3 Å². The average Bonchev–Trinajstić information content (AvgIpc) is 2.21. The fraction of sp³-hybridized carbons (Fsp3) is 0.200. The molecule has 0 aliphatic heterocycles. The SMILES string of the molecule is COC(=O)Cc1c(Cl)cc(Cl)cc1C#N. The average molecular weight is 244 g/mol. The summed E-state index contributed by atoms with van der Waals surface area (Å²) >= 11 is 11.6. The zero-order chi connectivity index (χ0) is 11.4. The number of ether oxygens (including phenoxy) is 1. The van der Waals surface area contributed by atoms with Gasteiger partial charge in [-0.3, -0.25) is 4.79 Å². The van der Waals surface area contributed by atoms with Gasteiger partial charge in [-0.05, 0) is 17.7 Å². The van der Waals surface area contributed by atoms with Gasteiger partial charge in [-0.15, -0.1) is 0 Å². The topological polar surface area (TPSA) is 50.1 Å². The van der Waals surface area contributed by atoms with Crippen molar-refractivity contribution >= 4 is 29.2 Å². The number of halogens is 2. The van der Waals surface area contributed by atoms with Crippen LogP contribution < -0.4 is 0 Å². The largest absolute Gasteiger partial charge is 0.469 e. The standard InChI is InChI=1S/C10H7Cl2NO2/c1-15-10(14)4-8-6(5-13)2-7(11)3-9(8)12/h2-3H,4H2,1H3. The van der Waals surface area contributed by atoms with Crippen molar-refractivity contribution in [3.63, 3.8) is 0 Å². The first-order chi connectivity index (χ1) is 7.08. The van der Waals surface area contributed by atoms with Crippen molar-refractivity contribution in [2.24, 2.45) is 0 Å². The Morgan fingerprint density at radius 3 is 2.73 bits per heavy atom. The van der Waals surface area contributed by atoms with Crippen LogP contribution in [0.25, 0.3) is 0 Å². The van der Waals surface area contributed by atoms with Gasteiger partial charge < -0.3 is 4.74 Å². The number of benzene rings is 1. The van der Waals surface area contributed by atoms with Crippen LogP contribution in [0.2, 0.25) is 10.0 Å². The highest BCUT2D eigenvalue weighted by Gasteiger charge is 2.13. The number of rotatable bonds is 2. The highest BCUT2D eigenvalue weighted by molar-refractivity contribution is 6.35. The van der Waals surface area contributed by atoms with E-state index < -0.39 is 5.97 Å². The molecule has 1 aromatic carbocycles. The van der Waals surface area contributed by atoms with Gasteiger partial charge in [0.1, 0.15) is 0 Å². The molecule has 5 heteroatoms. The minimum Gasteiger partial charge on any atom is -0.469 e. The molecule has 0 N–H and O–H groups in total. The molecule has 1 aromatic rings. The summed E-state index contributed by atoms with van der Waals surface area (Å²) in [6.45, 7) is 0. The van der Waals surface area contributed by atoms with Gasteiger partial charge in [0.2, 0.25) is 0 Å². The molecule has 0 fully saturated rings. The van der Waals surface area contributed by atoms with Gasteiger partial charge >= 0.3 is 5.97 Å². The van der Waals surface area contributed by atoms with Crippen molar-refractivity contribution in [2.75, 3.05) is 7.11 Å². The van der Waals surface area contributed by atoms with Crippen LogP contribution in [0, 0.1) is 11.3 Å². The third-order valence-electron chi connectivity index (χ3n) is 1.83. The molecule has 78 valence electrons. The first-order valence-electron chi connectivity index (χ1n) is 4.03. The van der Waals surface area contributed by atoms with Gasteiger partial charge in [-0.25, -0.2) is 0 Å². The fourth-order valence-corrected chi connectivity index (χ4v) is 1.66. The van der Waals surface area contributed by atoms with Gasteiger partial charge in [-0.1, -0.05) is 23.2 Å². The second kappa shape index (κ2) is 5.01. The van der Waals surface area contributed by atoms with E-state index in [2.05, 4.69) is 4.74 Å². The summed E-state index contributed by atoms with van der Waals surface area (Å²) < 4.78 is 4.50. The normalized spacial score (nSPS) is 9.47. The third kappa shape index (κ3) is 2.85. The monoisotopic (exact) mass is 243 g/mol. The maximum atomic E-state index is 11.1. The Kier molecular flexibility index (Phi) is 3.96. The fourth-order valence-electron chi connectivity index (χ4n) is 1.10. The van der Waals surface area contributed by atoms with E-state index in [9.17, 15) is 4.79 Å². The van der Waals surface area contributed by atoms with Gasteiger partial charge in [0.25, 0.3) is 0 Å². The first-order valence-corrected chi connectivity index (χ1v) is 4.79. The number of hydrogen-bond acceptors (Lipinski definition) is 3. The zero-order valence-corrected chi connectivity index (χ0v) is 9.39. The quantitative estimate of drug-likeness (QED) is 0.751. The molecule has 3 nitrogen and oxygen atoms in total. The predicted octanol–water partition coefficient (Wildman–Crippen LogP) is 2.58. The van der Waals surface area contributed by atoms with Crippen LogP contribution in [-0.2, 0) is 16.0 Å². The molecule has 0 aromatic heterocycles. The summed E-state index contributed by atoms with van der Waals surface area (Å²) in [4.78, 5) is 11.1.